The van der Waals surface area contributed by atoms with Crippen molar-refractivity contribution < 1.29 is 18.3 Å². The van der Waals surface area contributed by atoms with Crippen molar-refractivity contribution in [1.29, 1.82) is 0 Å². The highest BCUT2D eigenvalue weighted by atomic mass is 32.2. The maximum atomic E-state index is 13.5. The second-order valence-corrected chi connectivity index (χ2v) is 11.9. The van der Waals surface area contributed by atoms with Gasteiger partial charge in [0.25, 0.3) is 0 Å². The number of aliphatic hydroxyl groups is 1. The summed E-state index contributed by atoms with van der Waals surface area (Å²) in [5.74, 6) is 0.424. The third kappa shape index (κ3) is 7.26. The third-order valence-corrected chi connectivity index (χ3v) is 8.67. The fourth-order valence-corrected chi connectivity index (χ4v) is 6.28. The van der Waals surface area contributed by atoms with Crippen LogP contribution in [0.2, 0.25) is 0 Å². The average Bonchev–Trinajstić information content (AvgIpc) is 3.51. The smallest absolute Gasteiger partial charge is 0.243 e. The van der Waals surface area contributed by atoms with E-state index < -0.39 is 22.2 Å². The number of aliphatic hydroxyl groups excluding tert-OH is 1. The number of sulfonamides is 1. The van der Waals surface area contributed by atoms with Crippen molar-refractivity contribution in [3.05, 3.63) is 77.9 Å². The zero-order valence-electron chi connectivity index (χ0n) is 20.3. The van der Waals surface area contributed by atoms with E-state index in [1.807, 2.05) is 43.3 Å². The molecule has 0 saturated heterocycles. The molecule has 0 radical (unpaired) electrons. The van der Waals surface area contributed by atoms with Gasteiger partial charge in [-0.1, -0.05) is 54.6 Å². The Morgan fingerprint density at radius 1 is 1.11 bits per heavy atom. The molecule has 0 spiro atoms. The zero-order valence-corrected chi connectivity index (χ0v) is 21.2. The van der Waals surface area contributed by atoms with Crippen molar-refractivity contribution in [2.45, 2.75) is 62.5 Å². The minimum Gasteiger partial charge on any atom is -0.390 e. The van der Waals surface area contributed by atoms with Gasteiger partial charge in [0.1, 0.15) is 0 Å². The van der Waals surface area contributed by atoms with Gasteiger partial charge in [-0.25, -0.2) is 8.42 Å². The molecule has 6 nitrogen and oxygen atoms in total. The van der Waals surface area contributed by atoms with Gasteiger partial charge in [-0.3, -0.25) is 4.79 Å². The number of benzene rings is 2. The summed E-state index contributed by atoms with van der Waals surface area (Å²) in [6.45, 7) is 2.18. The summed E-state index contributed by atoms with van der Waals surface area (Å²) in [5, 5.41) is 14.3. The maximum Gasteiger partial charge on any atom is 0.243 e. The first kappa shape index (κ1) is 25.6. The van der Waals surface area contributed by atoms with Crippen molar-refractivity contribution in [2.24, 2.45) is 11.8 Å². The molecule has 188 valence electrons. The molecule has 0 aliphatic heterocycles. The largest absolute Gasteiger partial charge is 0.390 e. The molecule has 1 fully saturated rings. The van der Waals surface area contributed by atoms with E-state index in [1.54, 1.807) is 18.2 Å². The van der Waals surface area contributed by atoms with Crippen molar-refractivity contribution in [1.82, 2.24) is 9.62 Å². The van der Waals surface area contributed by atoms with Gasteiger partial charge in [-0.15, -0.1) is 0 Å². The maximum absolute atomic E-state index is 13.5. The summed E-state index contributed by atoms with van der Waals surface area (Å²) in [7, 11) is -3.78. The van der Waals surface area contributed by atoms with Crippen LogP contribution in [0.25, 0.3) is 0 Å². The first-order chi connectivity index (χ1) is 16.8. The van der Waals surface area contributed by atoms with E-state index in [1.165, 1.54) is 4.31 Å². The molecule has 2 aliphatic carbocycles. The highest BCUT2D eigenvalue weighted by Gasteiger charge is 2.35. The van der Waals surface area contributed by atoms with Gasteiger partial charge >= 0.3 is 0 Å². The Labute approximate surface area is 209 Å². The average molecular weight is 497 g/mol. The lowest BCUT2D eigenvalue weighted by Gasteiger charge is -2.30. The summed E-state index contributed by atoms with van der Waals surface area (Å²) in [5.41, 5.74) is 1.85. The van der Waals surface area contributed by atoms with Crippen LogP contribution in [0.5, 0.6) is 0 Å². The molecule has 1 amide bonds. The van der Waals surface area contributed by atoms with Crippen LogP contribution in [-0.2, 0) is 21.2 Å². The van der Waals surface area contributed by atoms with Gasteiger partial charge < -0.3 is 10.4 Å². The lowest BCUT2D eigenvalue weighted by Crippen LogP contribution is -2.51. The SMILES string of the molecule is Cc1cccc(S(=O)(=O)N(CC2CC2)C[C@@H](O)[C@H](Cc2ccccc2)NC(=O)C[C@H]2C=CCC2)c1. The van der Waals surface area contributed by atoms with Gasteiger partial charge in [-0.2, -0.15) is 4.31 Å². The molecule has 2 N–H and O–H groups in total. The minimum atomic E-state index is -3.78. The van der Waals surface area contributed by atoms with Crippen LogP contribution in [0, 0.1) is 18.8 Å². The summed E-state index contributed by atoms with van der Waals surface area (Å²) in [6, 6.07) is 16.0. The van der Waals surface area contributed by atoms with E-state index in [0.717, 1.165) is 36.8 Å². The van der Waals surface area contributed by atoms with E-state index >= 15 is 0 Å². The number of rotatable bonds is 12. The molecular formula is C28H36N2O4S. The van der Waals surface area contributed by atoms with Gasteiger partial charge in [0.2, 0.25) is 15.9 Å². The Morgan fingerprint density at radius 3 is 2.54 bits per heavy atom. The van der Waals surface area contributed by atoms with Crippen LogP contribution in [0.1, 0.15) is 43.2 Å². The van der Waals surface area contributed by atoms with Crippen LogP contribution in [0.3, 0.4) is 0 Å². The standard InChI is InChI=1S/C28H36N2O4S/c1-21-8-7-13-25(16-21)35(33,34)30(19-24-14-15-24)20-27(31)26(17-22-9-3-2-4-10-22)29-28(32)18-23-11-5-6-12-23/h2-5,7-11,13,16,23-24,26-27,31H,6,12,14-15,17-20H2,1H3,(H,29,32)/t23-,26-,27+/m0/s1. The van der Waals surface area contributed by atoms with Gasteiger partial charge in [0.05, 0.1) is 17.0 Å². The molecule has 0 aromatic heterocycles. The quantitative estimate of drug-likeness (QED) is 0.437. The van der Waals surface area contributed by atoms with Crippen LogP contribution < -0.4 is 5.32 Å². The highest BCUT2D eigenvalue weighted by molar-refractivity contribution is 7.89. The number of carbonyl (C=O) groups excluding carboxylic acids is 1. The first-order valence-corrected chi connectivity index (χ1v) is 14.0. The normalized spacial score (nSPS) is 19.6. The Hall–Kier alpha value is -2.48. The Morgan fingerprint density at radius 2 is 1.89 bits per heavy atom. The molecule has 4 rings (SSSR count). The van der Waals surface area contributed by atoms with E-state index in [4.69, 9.17) is 0 Å². The number of aryl methyl sites for hydroxylation is 1. The van der Waals surface area contributed by atoms with Gasteiger partial charge in [-0.05, 0) is 74.1 Å². The molecule has 0 heterocycles. The molecule has 2 aromatic carbocycles. The molecule has 7 heteroatoms. The summed E-state index contributed by atoms with van der Waals surface area (Å²) in [4.78, 5) is 13.1. The van der Waals surface area contributed by atoms with Crippen LogP contribution in [-0.4, -0.2) is 49.0 Å². The summed E-state index contributed by atoms with van der Waals surface area (Å²) in [6.07, 6.45) is 7.87. The van der Waals surface area contributed by atoms with Crippen LogP contribution >= 0.6 is 0 Å². The monoisotopic (exact) mass is 496 g/mol. The van der Waals surface area contributed by atoms with Crippen molar-refractivity contribution in [2.75, 3.05) is 13.1 Å². The molecule has 2 aliphatic rings. The van der Waals surface area contributed by atoms with Crippen molar-refractivity contribution in [3.63, 3.8) is 0 Å². The molecule has 3 atom stereocenters. The third-order valence-electron chi connectivity index (χ3n) is 6.85. The molecule has 1 saturated carbocycles. The number of nitrogens with zero attached hydrogens (tertiary/aromatic N) is 1. The van der Waals surface area contributed by atoms with E-state index in [9.17, 15) is 18.3 Å². The molecule has 35 heavy (non-hydrogen) atoms. The van der Waals surface area contributed by atoms with E-state index in [0.29, 0.717) is 25.3 Å². The number of hydrogen-bond acceptors (Lipinski definition) is 4. The summed E-state index contributed by atoms with van der Waals surface area (Å²) >= 11 is 0. The first-order valence-electron chi connectivity index (χ1n) is 12.6. The van der Waals surface area contributed by atoms with Crippen LogP contribution in [0.15, 0.2) is 71.6 Å². The Bertz CT molecular complexity index is 1130. The highest BCUT2D eigenvalue weighted by Crippen LogP contribution is 2.32. The number of nitrogens with one attached hydrogen (secondary N) is 1. The zero-order chi connectivity index (χ0) is 24.8. The van der Waals surface area contributed by atoms with Crippen molar-refractivity contribution in [3.8, 4) is 0 Å². The number of hydrogen-bond donors (Lipinski definition) is 2. The fourth-order valence-electron chi connectivity index (χ4n) is 4.64. The Kier molecular flexibility index (Phi) is 8.42. The lowest BCUT2D eigenvalue weighted by atomic mass is 9.99. The molecular weight excluding hydrogens is 460 g/mol. The van der Waals surface area contributed by atoms with E-state index in [2.05, 4.69) is 17.5 Å². The predicted molar refractivity (Wildman–Crippen MR) is 137 cm³/mol. The van der Waals surface area contributed by atoms with Crippen LogP contribution in [0.4, 0.5) is 0 Å². The van der Waals surface area contributed by atoms with E-state index in [-0.39, 0.29) is 23.3 Å². The van der Waals surface area contributed by atoms with Crippen molar-refractivity contribution >= 4 is 15.9 Å². The Balaban J connectivity index is 1.52. The molecule has 2 aromatic rings. The van der Waals surface area contributed by atoms with Gasteiger partial charge in [0, 0.05) is 19.5 Å². The molecule has 0 unspecified atom stereocenters. The number of amides is 1. The topological polar surface area (TPSA) is 86.7 Å². The number of carbonyl (C=O) groups is 1. The fraction of sp³-hybridized carbons (Fsp3) is 0.464. The van der Waals surface area contributed by atoms with Gasteiger partial charge in [0.15, 0.2) is 0 Å². The predicted octanol–water partition coefficient (Wildman–Crippen LogP) is 3.84. The summed E-state index contributed by atoms with van der Waals surface area (Å²) < 4.78 is 28.5. The number of allylic oxidation sites excluding steroid dienone is 2. The second kappa shape index (κ2) is 11.5. The second-order valence-electron chi connectivity index (χ2n) is 9.98. The lowest BCUT2D eigenvalue weighted by molar-refractivity contribution is -0.123. The minimum absolute atomic E-state index is 0.0616. The molecule has 0 bridgehead atoms.